The zero-order chi connectivity index (χ0) is 21.9. The van der Waals surface area contributed by atoms with Gasteiger partial charge in [0.2, 0.25) is 0 Å². The van der Waals surface area contributed by atoms with Crippen molar-refractivity contribution in [3.8, 4) is 11.5 Å². The van der Waals surface area contributed by atoms with Crippen LogP contribution in [0.25, 0.3) is 11.0 Å². The van der Waals surface area contributed by atoms with Crippen molar-refractivity contribution in [2.45, 2.75) is 37.8 Å². The van der Waals surface area contributed by atoms with Crippen molar-refractivity contribution in [3.05, 3.63) is 54.4 Å². The van der Waals surface area contributed by atoms with E-state index in [9.17, 15) is 4.79 Å². The Morgan fingerprint density at radius 3 is 2.53 bits per heavy atom. The Labute approximate surface area is 187 Å². The molecule has 1 aromatic heterocycles. The third kappa shape index (κ3) is 4.17. The van der Waals surface area contributed by atoms with Crippen LogP contribution in [0.3, 0.4) is 0 Å². The Bertz CT molecular complexity index is 1060. The molecule has 2 saturated heterocycles. The Kier molecular flexibility index (Phi) is 5.99. The standard InChI is InChI=1S/C25H29N3O4/c1-30-19-8-10-20(11-9-19)32-17-24(29)27-14-12-18(13-15-27)28-22-6-3-2-5-21(22)26-25(28)23-7-4-16-31-23/h2-3,5-6,8-11,18,23H,4,7,12-17H2,1H3/t23-/m1/s1. The Hall–Kier alpha value is -3.06. The second kappa shape index (κ2) is 9.20. The number of carbonyl (C=O) groups is 1. The van der Waals surface area contributed by atoms with Gasteiger partial charge in [0.25, 0.3) is 5.91 Å². The average Bonchev–Trinajstić information content (AvgIpc) is 3.51. The smallest absolute Gasteiger partial charge is 0.260 e. The van der Waals surface area contributed by atoms with E-state index in [1.807, 2.05) is 35.2 Å². The molecule has 7 heteroatoms. The number of likely N-dealkylation sites (tertiary alicyclic amines) is 1. The quantitative estimate of drug-likeness (QED) is 0.582. The van der Waals surface area contributed by atoms with Crippen LogP contribution in [0.15, 0.2) is 48.5 Å². The normalized spacial score (nSPS) is 19.4. The first-order valence-electron chi connectivity index (χ1n) is 11.4. The number of amides is 1. The largest absolute Gasteiger partial charge is 0.497 e. The second-order valence-corrected chi connectivity index (χ2v) is 8.41. The molecular weight excluding hydrogens is 406 g/mol. The highest BCUT2D eigenvalue weighted by Gasteiger charge is 2.30. The lowest BCUT2D eigenvalue weighted by molar-refractivity contribution is -0.134. The maximum absolute atomic E-state index is 12.7. The van der Waals surface area contributed by atoms with Crippen LogP contribution in [0.5, 0.6) is 11.5 Å². The van der Waals surface area contributed by atoms with Crippen LogP contribution in [0, 0.1) is 0 Å². The first-order chi connectivity index (χ1) is 15.7. The topological polar surface area (TPSA) is 65.8 Å². The predicted molar refractivity (Wildman–Crippen MR) is 121 cm³/mol. The molecule has 168 valence electrons. The molecule has 0 unspecified atom stereocenters. The van der Waals surface area contributed by atoms with Crippen molar-refractivity contribution in [1.29, 1.82) is 0 Å². The van der Waals surface area contributed by atoms with E-state index >= 15 is 0 Å². The lowest BCUT2D eigenvalue weighted by atomic mass is 10.0. The minimum absolute atomic E-state index is 0.0223. The molecule has 2 aliphatic rings. The number of hydrogen-bond acceptors (Lipinski definition) is 5. The van der Waals surface area contributed by atoms with Gasteiger partial charge in [-0.15, -0.1) is 0 Å². The number of aromatic nitrogens is 2. The summed E-state index contributed by atoms with van der Waals surface area (Å²) in [6.45, 7) is 2.28. The average molecular weight is 436 g/mol. The van der Waals surface area contributed by atoms with Gasteiger partial charge in [-0.05, 0) is 62.1 Å². The summed E-state index contributed by atoms with van der Waals surface area (Å²) in [5.41, 5.74) is 2.18. The molecule has 0 N–H and O–H groups in total. The van der Waals surface area contributed by atoms with E-state index in [4.69, 9.17) is 19.2 Å². The first kappa shape index (κ1) is 20.8. The molecule has 3 heterocycles. The van der Waals surface area contributed by atoms with Gasteiger partial charge < -0.3 is 23.7 Å². The van der Waals surface area contributed by atoms with E-state index in [1.165, 1.54) is 0 Å². The molecule has 0 spiro atoms. The Morgan fingerprint density at radius 1 is 1.06 bits per heavy atom. The third-order valence-corrected chi connectivity index (χ3v) is 6.44. The molecule has 32 heavy (non-hydrogen) atoms. The summed E-state index contributed by atoms with van der Waals surface area (Å²) in [6.07, 6.45) is 3.96. The number of piperidine rings is 1. The molecule has 1 amide bonds. The Morgan fingerprint density at radius 2 is 1.81 bits per heavy atom. The van der Waals surface area contributed by atoms with Gasteiger partial charge in [-0.1, -0.05) is 12.1 Å². The maximum atomic E-state index is 12.7. The fourth-order valence-electron chi connectivity index (χ4n) is 4.74. The minimum atomic E-state index is 0.0223. The van der Waals surface area contributed by atoms with Crippen molar-refractivity contribution in [2.75, 3.05) is 33.4 Å². The summed E-state index contributed by atoms with van der Waals surface area (Å²) in [7, 11) is 1.62. The number of nitrogens with zero attached hydrogens (tertiary/aromatic N) is 3. The molecule has 5 rings (SSSR count). The molecular formula is C25H29N3O4. The van der Waals surface area contributed by atoms with Gasteiger partial charge in [0.05, 0.1) is 18.1 Å². The maximum Gasteiger partial charge on any atom is 0.260 e. The van der Waals surface area contributed by atoms with Gasteiger partial charge >= 0.3 is 0 Å². The van der Waals surface area contributed by atoms with Crippen molar-refractivity contribution < 1.29 is 19.0 Å². The van der Waals surface area contributed by atoms with E-state index in [2.05, 4.69) is 22.8 Å². The van der Waals surface area contributed by atoms with Crippen LogP contribution in [0.4, 0.5) is 0 Å². The van der Waals surface area contributed by atoms with Crippen molar-refractivity contribution in [1.82, 2.24) is 14.5 Å². The van der Waals surface area contributed by atoms with E-state index in [0.29, 0.717) is 24.9 Å². The SMILES string of the molecule is COc1ccc(OCC(=O)N2CCC(n3c([C@H]4CCCO4)nc4ccccc43)CC2)cc1. The van der Waals surface area contributed by atoms with Gasteiger partial charge in [-0.2, -0.15) is 0 Å². The zero-order valence-electron chi connectivity index (χ0n) is 18.4. The molecule has 0 aliphatic carbocycles. The number of methoxy groups -OCH3 is 1. The number of imidazole rings is 1. The van der Waals surface area contributed by atoms with E-state index in [0.717, 1.165) is 54.9 Å². The van der Waals surface area contributed by atoms with Crippen LogP contribution in [0.2, 0.25) is 0 Å². The van der Waals surface area contributed by atoms with Crippen LogP contribution in [-0.2, 0) is 9.53 Å². The molecule has 2 fully saturated rings. The number of hydrogen-bond donors (Lipinski definition) is 0. The van der Waals surface area contributed by atoms with Crippen molar-refractivity contribution in [2.24, 2.45) is 0 Å². The molecule has 7 nitrogen and oxygen atoms in total. The first-order valence-corrected chi connectivity index (χ1v) is 11.4. The van der Waals surface area contributed by atoms with Crippen molar-refractivity contribution >= 4 is 16.9 Å². The highest BCUT2D eigenvalue weighted by molar-refractivity contribution is 5.78. The molecule has 3 aromatic rings. The molecule has 0 radical (unpaired) electrons. The number of carbonyl (C=O) groups excluding carboxylic acids is 1. The molecule has 2 aliphatic heterocycles. The van der Waals surface area contributed by atoms with Gasteiger partial charge in [0.1, 0.15) is 23.4 Å². The summed E-state index contributed by atoms with van der Waals surface area (Å²) < 4.78 is 19.2. The fraction of sp³-hybridized carbons (Fsp3) is 0.440. The molecule has 0 saturated carbocycles. The van der Waals surface area contributed by atoms with Gasteiger partial charge in [-0.25, -0.2) is 4.98 Å². The predicted octanol–water partition coefficient (Wildman–Crippen LogP) is 4.14. The monoisotopic (exact) mass is 435 g/mol. The highest BCUT2D eigenvalue weighted by Crippen LogP contribution is 2.35. The number of ether oxygens (including phenoxy) is 3. The fourth-order valence-corrected chi connectivity index (χ4v) is 4.74. The summed E-state index contributed by atoms with van der Waals surface area (Å²) in [6, 6.07) is 15.9. The lowest BCUT2D eigenvalue weighted by Gasteiger charge is -2.34. The van der Waals surface area contributed by atoms with E-state index in [1.54, 1.807) is 7.11 Å². The summed E-state index contributed by atoms with van der Waals surface area (Å²) in [5.74, 6) is 2.49. The number of rotatable bonds is 6. The number of para-hydroxylation sites is 2. The Balaban J connectivity index is 1.24. The van der Waals surface area contributed by atoms with Crippen LogP contribution < -0.4 is 9.47 Å². The molecule has 0 bridgehead atoms. The summed E-state index contributed by atoms with van der Waals surface area (Å²) >= 11 is 0. The summed E-state index contributed by atoms with van der Waals surface area (Å²) in [4.78, 5) is 19.5. The number of benzene rings is 2. The van der Waals surface area contributed by atoms with Gasteiger partial charge in [-0.3, -0.25) is 4.79 Å². The van der Waals surface area contributed by atoms with Gasteiger partial charge in [0, 0.05) is 25.7 Å². The summed E-state index contributed by atoms with van der Waals surface area (Å²) in [5, 5.41) is 0. The lowest BCUT2D eigenvalue weighted by Crippen LogP contribution is -2.41. The highest BCUT2D eigenvalue weighted by atomic mass is 16.5. The van der Waals surface area contributed by atoms with Gasteiger partial charge in [0.15, 0.2) is 6.61 Å². The third-order valence-electron chi connectivity index (χ3n) is 6.44. The van der Waals surface area contributed by atoms with Crippen molar-refractivity contribution in [3.63, 3.8) is 0 Å². The van der Waals surface area contributed by atoms with Crippen LogP contribution in [0.1, 0.15) is 43.7 Å². The van der Waals surface area contributed by atoms with E-state index in [-0.39, 0.29) is 18.6 Å². The molecule has 2 aromatic carbocycles. The second-order valence-electron chi connectivity index (χ2n) is 8.41. The molecule has 1 atom stereocenters. The van der Waals surface area contributed by atoms with Crippen LogP contribution >= 0.6 is 0 Å². The minimum Gasteiger partial charge on any atom is -0.497 e. The number of fused-ring (bicyclic) bond motifs is 1. The van der Waals surface area contributed by atoms with E-state index < -0.39 is 0 Å². The zero-order valence-corrected chi connectivity index (χ0v) is 18.4. The van der Waals surface area contributed by atoms with Crippen LogP contribution in [-0.4, -0.2) is 53.8 Å².